The molecule has 112 valence electrons. The number of aliphatic hydroxyl groups is 1. The van der Waals surface area contributed by atoms with E-state index < -0.39 is 5.60 Å². The van der Waals surface area contributed by atoms with E-state index in [4.69, 9.17) is 4.52 Å². The summed E-state index contributed by atoms with van der Waals surface area (Å²) < 4.78 is 5.24. The molecule has 1 saturated heterocycles. The van der Waals surface area contributed by atoms with E-state index in [0.717, 1.165) is 63.5 Å². The van der Waals surface area contributed by atoms with Crippen molar-refractivity contribution < 1.29 is 9.63 Å². The quantitative estimate of drug-likeness (QED) is 0.915. The van der Waals surface area contributed by atoms with E-state index in [-0.39, 0.29) is 0 Å². The second-order valence-electron chi connectivity index (χ2n) is 6.39. The number of nitrogens with zero attached hydrogens (tertiary/aromatic N) is 3. The fraction of sp³-hybridized carbons (Fsp3) is 0.867. The summed E-state index contributed by atoms with van der Waals surface area (Å²) in [5, 5.41) is 14.7. The van der Waals surface area contributed by atoms with E-state index in [9.17, 15) is 5.11 Å². The molecule has 1 aromatic rings. The Morgan fingerprint density at radius 1 is 1.40 bits per heavy atom. The standard InChI is InChI=1S/C15H25N3O2/c1-2-5-14-16-13(17-20-14)11-18-9-8-15(19)7-4-3-6-12(15)10-18/h12,19H,2-11H2,1H3. The first kappa shape index (κ1) is 14.0. The Kier molecular flexibility index (Phi) is 4.08. The molecule has 1 aliphatic carbocycles. The van der Waals surface area contributed by atoms with Crippen LogP contribution in [0, 0.1) is 5.92 Å². The third kappa shape index (κ3) is 2.88. The molecular weight excluding hydrogens is 254 g/mol. The Morgan fingerprint density at radius 3 is 3.15 bits per heavy atom. The summed E-state index contributed by atoms with van der Waals surface area (Å²) in [5.74, 6) is 1.95. The van der Waals surface area contributed by atoms with Gasteiger partial charge in [-0.1, -0.05) is 24.9 Å². The predicted molar refractivity (Wildman–Crippen MR) is 75.1 cm³/mol. The van der Waals surface area contributed by atoms with Crippen LogP contribution < -0.4 is 0 Å². The summed E-state index contributed by atoms with van der Waals surface area (Å²) in [7, 11) is 0. The molecular formula is C15H25N3O2. The molecule has 0 aromatic carbocycles. The Balaban J connectivity index is 1.58. The number of aromatic nitrogens is 2. The maximum Gasteiger partial charge on any atom is 0.226 e. The van der Waals surface area contributed by atoms with Crippen LogP contribution >= 0.6 is 0 Å². The summed E-state index contributed by atoms with van der Waals surface area (Å²) in [6.45, 7) is 4.76. The second-order valence-corrected chi connectivity index (χ2v) is 6.39. The summed E-state index contributed by atoms with van der Waals surface area (Å²) in [5.41, 5.74) is -0.403. The van der Waals surface area contributed by atoms with E-state index in [1.807, 2.05) is 0 Å². The highest BCUT2D eigenvalue weighted by molar-refractivity contribution is 4.97. The van der Waals surface area contributed by atoms with Crippen LogP contribution in [0.15, 0.2) is 4.52 Å². The minimum atomic E-state index is -0.403. The van der Waals surface area contributed by atoms with E-state index in [1.54, 1.807) is 0 Å². The van der Waals surface area contributed by atoms with Crippen LogP contribution in [0.25, 0.3) is 0 Å². The molecule has 2 atom stereocenters. The van der Waals surface area contributed by atoms with Gasteiger partial charge in [0.1, 0.15) is 0 Å². The van der Waals surface area contributed by atoms with Crippen LogP contribution in [0.3, 0.4) is 0 Å². The van der Waals surface area contributed by atoms with Crippen molar-refractivity contribution in [2.24, 2.45) is 5.92 Å². The molecule has 5 heteroatoms. The molecule has 20 heavy (non-hydrogen) atoms. The lowest BCUT2D eigenvalue weighted by Crippen LogP contribution is -2.53. The highest BCUT2D eigenvalue weighted by Crippen LogP contribution is 2.39. The first-order valence-electron chi connectivity index (χ1n) is 7.96. The van der Waals surface area contributed by atoms with Gasteiger partial charge in [0.25, 0.3) is 0 Å². The molecule has 1 saturated carbocycles. The zero-order chi connectivity index (χ0) is 14.0. The van der Waals surface area contributed by atoms with Crippen molar-refractivity contribution in [2.45, 2.75) is 64.0 Å². The highest BCUT2D eigenvalue weighted by atomic mass is 16.5. The van der Waals surface area contributed by atoms with Crippen molar-refractivity contribution in [3.05, 3.63) is 11.7 Å². The van der Waals surface area contributed by atoms with Gasteiger partial charge in [-0.2, -0.15) is 4.98 Å². The van der Waals surface area contributed by atoms with Crippen molar-refractivity contribution in [1.29, 1.82) is 0 Å². The average Bonchev–Trinajstić information content (AvgIpc) is 2.87. The summed E-state index contributed by atoms with van der Waals surface area (Å²) >= 11 is 0. The molecule has 0 radical (unpaired) electrons. The zero-order valence-electron chi connectivity index (χ0n) is 12.3. The summed E-state index contributed by atoms with van der Waals surface area (Å²) in [6.07, 6.45) is 7.34. The van der Waals surface area contributed by atoms with Crippen LogP contribution in [0.5, 0.6) is 0 Å². The van der Waals surface area contributed by atoms with Crippen molar-refractivity contribution >= 4 is 0 Å². The molecule has 1 aromatic heterocycles. The lowest BCUT2D eigenvalue weighted by molar-refractivity contribution is -0.0971. The van der Waals surface area contributed by atoms with Crippen molar-refractivity contribution in [2.75, 3.05) is 13.1 Å². The molecule has 0 bridgehead atoms. The number of rotatable bonds is 4. The van der Waals surface area contributed by atoms with Gasteiger partial charge in [-0.3, -0.25) is 4.90 Å². The summed E-state index contributed by atoms with van der Waals surface area (Å²) in [6, 6.07) is 0. The Hall–Kier alpha value is -0.940. The molecule has 2 fully saturated rings. The number of likely N-dealkylation sites (tertiary alicyclic amines) is 1. The third-order valence-electron chi connectivity index (χ3n) is 4.85. The Labute approximate surface area is 120 Å². The van der Waals surface area contributed by atoms with Crippen molar-refractivity contribution in [3.63, 3.8) is 0 Å². The molecule has 3 rings (SSSR count). The van der Waals surface area contributed by atoms with E-state index >= 15 is 0 Å². The monoisotopic (exact) mass is 279 g/mol. The maximum absolute atomic E-state index is 10.7. The van der Waals surface area contributed by atoms with Gasteiger partial charge in [-0.05, 0) is 25.7 Å². The van der Waals surface area contributed by atoms with Crippen LogP contribution in [0.1, 0.15) is 57.2 Å². The van der Waals surface area contributed by atoms with Gasteiger partial charge in [0.2, 0.25) is 5.89 Å². The lowest BCUT2D eigenvalue weighted by atomic mass is 9.71. The molecule has 5 nitrogen and oxygen atoms in total. The second kappa shape index (κ2) is 5.82. The lowest BCUT2D eigenvalue weighted by Gasteiger charge is -2.47. The molecule has 1 N–H and O–H groups in total. The normalized spacial score (nSPS) is 31.2. The Morgan fingerprint density at radius 2 is 2.30 bits per heavy atom. The van der Waals surface area contributed by atoms with Crippen LogP contribution in [0.2, 0.25) is 0 Å². The zero-order valence-corrected chi connectivity index (χ0v) is 12.3. The molecule has 0 amide bonds. The van der Waals surface area contributed by atoms with Crippen LogP contribution in [-0.2, 0) is 13.0 Å². The minimum absolute atomic E-state index is 0.403. The van der Waals surface area contributed by atoms with Crippen molar-refractivity contribution in [3.8, 4) is 0 Å². The molecule has 0 spiro atoms. The van der Waals surface area contributed by atoms with Gasteiger partial charge < -0.3 is 9.63 Å². The van der Waals surface area contributed by atoms with E-state index in [0.29, 0.717) is 5.92 Å². The van der Waals surface area contributed by atoms with Gasteiger partial charge in [0, 0.05) is 25.4 Å². The molecule has 2 unspecified atom stereocenters. The first-order chi connectivity index (χ1) is 9.69. The first-order valence-corrected chi connectivity index (χ1v) is 7.96. The topological polar surface area (TPSA) is 62.4 Å². The number of aryl methyl sites for hydroxylation is 1. The third-order valence-corrected chi connectivity index (χ3v) is 4.85. The number of piperidine rings is 1. The maximum atomic E-state index is 10.7. The van der Waals surface area contributed by atoms with Crippen molar-refractivity contribution in [1.82, 2.24) is 15.0 Å². The number of hydrogen-bond donors (Lipinski definition) is 1. The van der Waals surface area contributed by atoms with Gasteiger partial charge in [-0.15, -0.1) is 0 Å². The fourth-order valence-corrected chi connectivity index (χ4v) is 3.65. The largest absolute Gasteiger partial charge is 0.390 e. The molecule has 2 aliphatic rings. The highest BCUT2D eigenvalue weighted by Gasteiger charge is 2.42. The number of fused-ring (bicyclic) bond motifs is 1. The Bertz CT molecular complexity index is 448. The summed E-state index contributed by atoms with van der Waals surface area (Å²) in [4.78, 5) is 6.80. The van der Waals surface area contributed by atoms with Gasteiger partial charge in [0.05, 0.1) is 12.1 Å². The SMILES string of the molecule is CCCc1nc(CN2CCC3(O)CCCCC3C2)no1. The van der Waals surface area contributed by atoms with E-state index in [1.165, 1.54) is 12.8 Å². The van der Waals surface area contributed by atoms with Gasteiger partial charge >= 0.3 is 0 Å². The van der Waals surface area contributed by atoms with Crippen LogP contribution in [0.4, 0.5) is 0 Å². The van der Waals surface area contributed by atoms with Gasteiger partial charge in [-0.25, -0.2) is 0 Å². The van der Waals surface area contributed by atoms with Gasteiger partial charge in [0.15, 0.2) is 5.82 Å². The predicted octanol–water partition coefficient (Wildman–Crippen LogP) is 2.15. The minimum Gasteiger partial charge on any atom is -0.390 e. The smallest absolute Gasteiger partial charge is 0.226 e. The van der Waals surface area contributed by atoms with E-state index in [2.05, 4.69) is 22.0 Å². The average molecular weight is 279 g/mol. The molecule has 2 heterocycles. The molecule has 1 aliphatic heterocycles. The van der Waals surface area contributed by atoms with Crippen LogP contribution in [-0.4, -0.2) is 38.8 Å². The fourth-order valence-electron chi connectivity index (χ4n) is 3.65. The number of hydrogen-bond acceptors (Lipinski definition) is 5.